The molecule has 0 amide bonds. The summed E-state index contributed by atoms with van der Waals surface area (Å²) in [6.07, 6.45) is 6.68. The zero-order valence-corrected chi connectivity index (χ0v) is 14.8. The molecule has 0 radical (unpaired) electrons. The molecular formula is C20H33N3. The van der Waals surface area contributed by atoms with Gasteiger partial charge >= 0.3 is 0 Å². The first-order chi connectivity index (χ1) is 11.4. The smallest absolute Gasteiger partial charge is 0.0475 e. The fraction of sp³-hybridized carbons (Fsp3) is 0.700. The van der Waals surface area contributed by atoms with Crippen molar-refractivity contribution in [2.24, 2.45) is 0 Å². The quantitative estimate of drug-likeness (QED) is 0.901. The highest BCUT2D eigenvalue weighted by Crippen LogP contribution is 2.26. The largest absolute Gasteiger partial charge is 0.314 e. The zero-order chi connectivity index (χ0) is 15.9. The Bertz CT molecular complexity index is 442. The molecule has 128 valence electrons. The van der Waals surface area contributed by atoms with Crippen LogP contribution in [0.3, 0.4) is 0 Å². The van der Waals surface area contributed by atoms with Crippen molar-refractivity contribution in [3.63, 3.8) is 0 Å². The highest BCUT2D eigenvalue weighted by molar-refractivity contribution is 5.25. The van der Waals surface area contributed by atoms with E-state index in [0.717, 1.165) is 19.5 Å². The maximum atomic E-state index is 3.48. The number of nitrogens with one attached hydrogen (secondary N) is 1. The number of hydrogen-bond donors (Lipinski definition) is 1. The summed E-state index contributed by atoms with van der Waals surface area (Å²) >= 11 is 0. The van der Waals surface area contributed by atoms with Crippen LogP contribution in [0.4, 0.5) is 0 Å². The van der Waals surface area contributed by atoms with E-state index in [2.05, 4.69) is 46.3 Å². The molecule has 1 N–H and O–H groups in total. The first-order valence-corrected chi connectivity index (χ1v) is 9.63. The third-order valence-corrected chi connectivity index (χ3v) is 5.49. The number of likely N-dealkylation sites (tertiary alicyclic amines) is 1. The summed E-state index contributed by atoms with van der Waals surface area (Å²) in [5, 5.41) is 3.48. The van der Waals surface area contributed by atoms with Gasteiger partial charge in [-0.1, -0.05) is 44.0 Å². The summed E-state index contributed by atoms with van der Waals surface area (Å²) in [5.74, 6) is 0. The molecule has 0 aromatic heterocycles. The average molecular weight is 316 g/mol. The molecule has 2 fully saturated rings. The second-order valence-corrected chi connectivity index (χ2v) is 7.11. The van der Waals surface area contributed by atoms with E-state index < -0.39 is 0 Å². The Morgan fingerprint density at radius 1 is 0.913 bits per heavy atom. The van der Waals surface area contributed by atoms with Crippen molar-refractivity contribution in [1.29, 1.82) is 0 Å². The van der Waals surface area contributed by atoms with E-state index in [1.165, 1.54) is 69.5 Å². The Labute approximate surface area is 142 Å². The van der Waals surface area contributed by atoms with Crippen molar-refractivity contribution in [2.75, 3.05) is 45.8 Å². The minimum atomic E-state index is 0.567. The van der Waals surface area contributed by atoms with Crippen LogP contribution in [0.2, 0.25) is 0 Å². The lowest BCUT2D eigenvalue weighted by atomic mass is 10.0. The summed E-state index contributed by atoms with van der Waals surface area (Å²) in [6, 6.07) is 10.0. The van der Waals surface area contributed by atoms with Crippen LogP contribution < -0.4 is 5.32 Å². The van der Waals surface area contributed by atoms with Crippen LogP contribution >= 0.6 is 0 Å². The maximum absolute atomic E-state index is 3.48. The van der Waals surface area contributed by atoms with Crippen LogP contribution in [-0.2, 0) is 6.42 Å². The monoisotopic (exact) mass is 315 g/mol. The lowest BCUT2D eigenvalue weighted by Crippen LogP contribution is -2.47. The van der Waals surface area contributed by atoms with Gasteiger partial charge in [-0.3, -0.25) is 9.80 Å². The van der Waals surface area contributed by atoms with Gasteiger partial charge in [0.05, 0.1) is 0 Å². The molecule has 0 saturated carbocycles. The number of aryl methyl sites for hydroxylation is 1. The summed E-state index contributed by atoms with van der Waals surface area (Å²) < 4.78 is 0. The summed E-state index contributed by atoms with van der Waals surface area (Å²) in [5.41, 5.74) is 2.97. The van der Waals surface area contributed by atoms with Gasteiger partial charge < -0.3 is 5.32 Å². The SMILES string of the molecule is CCc1ccc(C(CN2CCNCC2)N2CCCCCC2)cc1. The molecule has 1 atom stereocenters. The van der Waals surface area contributed by atoms with Gasteiger partial charge in [0.1, 0.15) is 0 Å². The maximum Gasteiger partial charge on any atom is 0.0475 e. The van der Waals surface area contributed by atoms with Crippen molar-refractivity contribution < 1.29 is 0 Å². The van der Waals surface area contributed by atoms with E-state index in [4.69, 9.17) is 0 Å². The molecule has 3 heteroatoms. The van der Waals surface area contributed by atoms with E-state index >= 15 is 0 Å². The fourth-order valence-electron chi connectivity index (χ4n) is 3.95. The number of benzene rings is 1. The molecule has 2 saturated heterocycles. The van der Waals surface area contributed by atoms with Gasteiger partial charge in [0.15, 0.2) is 0 Å². The Morgan fingerprint density at radius 2 is 1.57 bits per heavy atom. The van der Waals surface area contributed by atoms with Crippen LogP contribution in [0, 0.1) is 0 Å². The summed E-state index contributed by atoms with van der Waals surface area (Å²) in [6.45, 7) is 10.6. The standard InChI is InChI=1S/C20H33N3/c1-2-18-7-9-19(10-8-18)20(17-22-15-11-21-12-16-22)23-13-5-3-4-6-14-23/h7-10,20-21H,2-6,11-17H2,1H3. The first kappa shape index (κ1) is 16.9. The Balaban J connectivity index is 1.75. The molecule has 2 aliphatic heterocycles. The van der Waals surface area contributed by atoms with Crippen molar-refractivity contribution in [2.45, 2.75) is 45.1 Å². The number of piperazine rings is 1. The van der Waals surface area contributed by atoms with Crippen molar-refractivity contribution in [3.05, 3.63) is 35.4 Å². The molecule has 1 unspecified atom stereocenters. The van der Waals surface area contributed by atoms with Gasteiger partial charge in [-0.05, 0) is 43.5 Å². The predicted octanol–water partition coefficient (Wildman–Crippen LogP) is 3.07. The van der Waals surface area contributed by atoms with Gasteiger partial charge in [-0.25, -0.2) is 0 Å². The minimum absolute atomic E-state index is 0.567. The van der Waals surface area contributed by atoms with Gasteiger partial charge in [0.25, 0.3) is 0 Å². The molecule has 2 aliphatic rings. The third kappa shape index (κ3) is 4.79. The van der Waals surface area contributed by atoms with E-state index in [0.29, 0.717) is 6.04 Å². The van der Waals surface area contributed by atoms with Crippen molar-refractivity contribution >= 4 is 0 Å². The number of hydrogen-bond acceptors (Lipinski definition) is 3. The summed E-state index contributed by atoms with van der Waals surface area (Å²) in [4.78, 5) is 5.41. The topological polar surface area (TPSA) is 18.5 Å². The molecule has 2 heterocycles. The molecule has 3 rings (SSSR count). The van der Waals surface area contributed by atoms with Gasteiger partial charge in [0, 0.05) is 38.8 Å². The van der Waals surface area contributed by atoms with Crippen LogP contribution in [-0.4, -0.2) is 55.6 Å². The Morgan fingerprint density at radius 3 is 2.17 bits per heavy atom. The van der Waals surface area contributed by atoms with Crippen molar-refractivity contribution in [1.82, 2.24) is 15.1 Å². The molecule has 1 aromatic carbocycles. The zero-order valence-electron chi connectivity index (χ0n) is 14.8. The molecule has 0 spiro atoms. The summed E-state index contributed by atoms with van der Waals surface area (Å²) in [7, 11) is 0. The van der Waals surface area contributed by atoms with E-state index in [1.807, 2.05) is 0 Å². The minimum Gasteiger partial charge on any atom is -0.314 e. The third-order valence-electron chi connectivity index (χ3n) is 5.49. The van der Waals surface area contributed by atoms with E-state index in [-0.39, 0.29) is 0 Å². The molecule has 23 heavy (non-hydrogen) atoms. The van der Waals surface area contributed by atoms with Crippen molar-refractivity contribution in [3.8, 4) is 0 Å². The van der Waals surface area contributed by atoms with Gasteiger partial charge in [0.2, 0.25) is 0 Å². The lowest BCUT2D eigenvalue weighted by molar-refractivity contribution is 0.132. The number of nitrogens with zero attached hydrogens (tertiary/aromatic N) is 2. The molecule has 0 aliphatic carbocycles. The second kappa shape index (κ2) is 8.81. The van der Waals surface area contributed by atoms with Gasteiger partial charge in [-0.15, -0.1) is 0 Å². The van der Waals surface area contributed by atoms with Gasteiger partial charge in [-0.2, -0.15) is 0 Å². The highest BCUT2D eigenvalue weighted by Gasteiger charge is 2.24. The van der Waals surface area contributed by atoms with Crippen LogP contribution in [0.15, 0.2) is 24.3 Å². The molecule has 3 nitrogen and oxygen atoms in total. The highest BCUT2D eigenvalue weighted by atomic mass is 15.2. The molecule has 1 aromatic rings. The fourth-order valence-corrected chi connectivity index (χ4v) is 3.95. The number of rotatable bonds is 5. The van der Waals surface area contributed by atoms with E-state index in [9.17, 15) is 0 Å². The first-order valence-electron chi connectivity index (χ1n) is 9.63. The van der Waals surface area contributed by atoms with Crippen LogP contribution in [0.25, 0.3) is 0 Å². The second-order valence-electron chi connectivity index (χ2n) is 7.11. The lowest BCUT2D eigenvalue weighted by Gasteiger charge is -2.37. The Hall–Kier alpha value is -0.900. The van der Waals surface area contributed by atoms with Crippen LogP contribution in [0.1, 0.15) is 49.8 Å². The average Bonchev–Trinajstić information content (AvgIpc) is 2.90. The van der Waals surface area contributed by atoms with E-state index in [1.54, 1.807) is 0 Å². The Kier molecular flexibility index (Phi) is 6.49. The predicted molar refractivity (Wildman–Crippen MR) is 97.9 cm³/mol. The molecule has 0 bridgehead atoms. The normalized spacial score (nSPS) is 22.7. The van der Waals surface area contributed by atoms with Crippen LogP contribution in [0.5, 0.6) is 0 Å². The molecular weight excluding hydrogens is 282 g/mol.